The third-order valence-electron chi connectivity index (χ3n) is 2.22. The molecule has 0 aliphatic carbocycles. The number of ether oxygens (including phenoxy) is 1. The van der Waals surface area contributed by atoms with E-state index in [2.05, 4.69) is 25.7 Å². The fourth-order valence-electron chi connectivity index (χ4n) is 1.06. The highest BCUT2D eigenvalue weighted by Crippen LogP contribution is 2.09. The highest BCUT2D eigenvalue weighted by Gasteiger charge is 2.09. The van der Waals surface area contributed by atoms with Crippen LogP contribution in [0.25, 0.3) is 0 Å². The molecule has 0 spiro atoms. The highest BCUT2D eigenvalue weighted by molar-refractivity contribution is 5.80. The summed E-state index contributed by atoms with van der Waals surface area (Å²) < 4.78 is 4.88. The van der Waals surface area contributed by atoms with Gasteiger partial charge in [-0.1, -0.05) is 0 Å². The van der Waals surface area contributed by atoms with Crippen molar-refractivity contribution in [1.82, 2.24) is 19.9 Å². The largest absolute Gasteiger partial charge is 0.467 e. The summed E-state index contributed by atoms with van der Waals surface area (Å²) in [6.45, 7) is 2.61. The number of aromatic nitrogens is 3. The second kappa shape index (κ2) is 6.55. The highest BCUT2D eigenvalue weighted by atomic mass is 16.5. The molecule has 1 amide bonds. The molecule has 0 aliphatic heterocycles. The molecule has 0 atom stereocenters. The van der Waals surface area contributed by atoms with Gasteiger partial charge in [0.05, 0.1) is 13.7 Å². The minimum absolute atomic E-state index is 0.0702. The van der Waals surface area contributed by atoms with E-state index in [1.165, 1.54) is 7.11 Å². The van der Waals surface area contributed by atoms with Crippen LogP contribution in [0.2, 0.25) is 0 Å². The summed E-state index contributed by atoms with van der Waals surface area (Å²) in [5, 5.41) is 2.78. The van der Waals surface area contributed by atoms with E-state index in [1.54, 1.807) is 11.9 Å². The number of likely N-dealkylation sites (N-methyl/N-ethyl adjacent to an activating group) is 1. The van der Waals surface area contributed by atoms with Gasteiger partial charge in [-0.25, -0.2) is 5.84 Å². The summed E-state index contributed by atoms with van der Waals surface area (Å²) in [4.78, 5) is 24.9. The lowest BCUT2D eigenvalue weighted by Gasteiger charge is -2.14. The average molecular weight is 255 g/mol. The second-order valence-electron chi connectivity index (χ2n) is 3.38. The van der Waals surface area contributed by atoms with E-state index < -0.39 is 0 Å². The van der Waals surface area contributed by atoms with Crippen molar-refractivity contribution >= 4 is 17.8 Å². The standard InChI is InChI=1S/C9H17N7O2/c1-4-16(2)6(17)5-11-7-12-8(15-10)14-9(13-7)18-3/h4-5,10H2,1-3H3,(H2,11,12,13,14,15). The maximum absolute atomic E-state index is 11.6. The Kier molecular flexibility index (Phi) is 5.06. The molecule has 0 unspecified atom stereocenters. The summed E-state index contributed by atoms with van der Waals surface area (Å²) in [5.74, 6) is 5.51. The molecule has 0 saturated carbocycles. The zero-order chi connectivity index (χ0) is 13.5. The van der Waals surface area contributed by atoms with Gasteiger partial charge in [-0.2, -0.15) is 15.0 Å². The molecule has 18 heavy (non-hydrogen) atoms. The van der Waals surface area contributed by atoms with E-state index in [0.717, 1.165) is 0 Å². The van der Waals surface area contributed by atoms with Gasteiger partial charge >= 0.3 is 6.01 Å². The molecule has 0 bridgehead atoms. The van der Waals surface area contributed by atoms with Crippen LogP contribution in [-0.2, 0) is 4.79 Å². The van der Waals surface area contributed by atoms with Crippen molar-refractivity contribution in [2.75, 3.05) is 38.0 Å². The molecule has 9 nitrogen and oxygen atoms in total. The van der Waals surface area contributed by atoms with Crippen molar-refractivity contribution in [1.29, 1.82) is 0 Å². The fraction of sp³-hybridized carbons (Fsp3) is 0.556. The maximum Gasteiger partial charge on any atom is 0.322 e. The lowest BCUT2D eigenvalue weighted by Crippen LogP contribution is -2.32. The third-order valence-corrected chi connectivity index (χ3v) is 2.22. The average Bonchev–Trinajstić information content (AvgIpc) is 2.43. The van der Waals surface area contributed by atoms with Gasteiger partial charge in [0, 0.05) is 13.6 Å². The van der Waals surface area contributed by atoms with Gasteiger partial charge in [0.2, 0.25) is 17.8 Å². The van der Waals surface area contributed by atoms with E-state index in [0.29, 0.717) is 6.54 Å². The number of nitrogens with two attached hydrogens (primary N) is 1. The van der Waals surface area contributed by atoms with Gasteiger partial charge in [-0.05, 0) is 6.92 Å². The molecule has 0 saturated heterocycles. The van der Waals surface area contributed by atoms with Gasteiger partial charge in [-0.15, -0.1) is 0 Å². The van der Waals surface area contributed by atoms with Crippen LogP contribution < -0.4 is 21.3 Å². The number of carbonyl (C=O) groups is 1. The number of nitrogen functional groups attached to an aromatic ring is 1. The van der Waals surface area contributed by atoms with E-state index in [1.807, 2.05) is 6.92 Å². The van der Waals surface area contributed by atoms with E-state index in [9.17, 15) is 4.79 Å². The third kappa shape index (κ3) is 3.70. The van der Waals surface area contributed by atoms with Gasteiger partial charge in [0.25, 0.3) is 0 Å². The number of nitrogens with one attached hydrogen (secondary N) is 2. The topological polar surface area (TPSA) is 118 Å². The van der Waals surface area contributed by atoms with Crippen LogP contribution in [0.15, 0.2) is 0 Å². The summed E-state index contributed by atoms with van der Waals surface area (Å²) in [5.41, 5.74) is 2.29. The normalized spacial score (nSPS) is 9.78. The number of rotatable bonds is 6. The van der Waals surface area contributed by atoms with Gasteiger partial charge < -0.3 is 15.0 Å². The summed E-state index contributed by atoms with van der Waals surface area (Å²) in [6, 6.07) is 0.108. The van der Waals surface area contributed by atoms with Crippen LogP contribution in [0, 0.1) is 0 Å². The zero-order valence-corrected chi connectivity index (χ0v) is 10.6. The monoisotopic (exact) mass is 255 g/mol. The number of methoxy groups -OCH3 is 1. The molecule has 9 heteroatoms. The first kappa shape index (κ1) is 13.9. The molecule has 100 valence electrons. The summed E-state index contributed by atoms with van der Waals surface area (Å²) in [6.07, 6.45) is 0. The van der Waals surface area contributed by atoms with Gasteiger partial charge in [0.15, 0.2) is 0 Å². The molecule has 1 heterocycles. The first-order valence-electron chi connectivity index (χ1n) is 5.35. The van der Waals surface area contributed by atoms with Crippen LogP contribution in [0.5, 0.6) is 6.01 Å². The predicted molar refractivity (Wildman–Crippen MR) is 66.0 cm³/mol. The minimum atomic E-state index is -0.0702. The number of anilines is 2. The van der Waals surface area contributed by atoms with Crippen LogP contribution >= 0.6 is 0 Å². The number of hydrazine groups is 1. The second-order valence-corrected chi connectivity index (χ2v) is 3.38. The molecule has 4 N–H and O–H groups in total. The Balaban J connectivity index is 2.69. The first-order chi connectivity index (χ1) is 8.60. The molecule has 1 rings (SSSR count). The molecule has 0 radical (unpaired) electrons. The van der Waals surface area contributed by atoms with Crippen molar-refractivity contribution in [3.8, 4) is 6.01 Å². The molecule has 0 aromatic carbocycles. The maximum atomic E-state index is 11.6. The lowest BCUT2D eigenvalue weighted by molar-refractivity contribution is -0.127. The van der Waals surface area contributed by atoms with E-state index >= 15 is 0 Å². The van der Waals surface area contributed by atoms with Crippen molar-refractivity contribution in [2.24, 2.45) is 5.84 Å². The Morgan fingerprint density at radius 2 is 2.06 bits per heavy atom. The number of hydrogen-bond acceptors (Lipinski definition) is 8. The van der Waals surface area contributed by atoms with Crippen molar-refractivity contribution in [2.45, 2.75) is 6.92 Å². The quantitative estimate of drug-likeness (QED) is 0.440. The van der Waals surface area contributed by atoms with Crippen molar-refractivity contribution in [3.05, 3.63) is 0 Å². The van der Waals surface area contributed by atoms with Crippen LogP contribution in [0.1, 0.15) is 6.92 Å². The summed E-state index contributed by atoms with van der Waals surface area (Å²) in [7, 11) is 3.14. The number of hydrogen-bond donors (Lipinski definition) is 3. The Hall–Kier alpha value is -2.16. The zero-order valence-electron chi connectivity index (χ0n) is 10.6. The summed E-state index contributed by atoms with van der Waals surface area (Å²) >= 11 is 0. The first-order valence-corrected chi connectivity index (χ1v) is 5.35. The lowest BCUT2D eigenvalue weighted by atomic mass is 10.5. The van der Waals surface area contributed by atoms with E-state index in [-0.39, 0.29) is 30.4 Å². The molecular formula is C9H17N7O2. The van der Waals surface area contributed by atoms with Crippen LogP contribution in [0.3, 0.4) is 0 Å². The van der Waals surface area contributed by atoms with Crippen molar-refractivity contribution in [3.63, 3.8) is 0 Å². The number of amides is 1. The number of carbonyl (C=O) groups excluding carboxylic acids is 1. The van der Waals surface area contributed by atoms with Crippen LogP contribution in [0.4, 0.5) is 11.9 Å². The van der Waals surface area contributed by atoms with E-state index in [4.69, 9.17) is 10.6 Å². The Morgan fingerprint density at radius 3 is 2.61 bits per heavy atom. The molecule has 0 aliphatic rings. The predicted octanol–water partition coefficient (Wildman–Crippen LogP) is -0.944. The smallest absolute Gasteiger partial charge is 0.322 e. The Bertz CT molecular complexity index is 390. The van der Waals surface area contributed by atoms with Crippen molar-refractivity contribution < 1.29 is 9.53 Å². The Labute approximate surface area is 105 Å². The molecule has 0 fully saturated rings. The SMILES string of the molecule is CCN(C)C(=O)CNc1nc(NN)nc(OC)n1. The van der Waals surface area contributed by atoms with Crippen LogP contribution in [-0.4, -0.2) is 53.0 Å². The van der Waals surface area contributed by atoms with Gasteiger partial charge in [0.1, 0.15) is 0 Å². The number of nitrogens with zero attached hydrogens (tertiary/aromatic N) is 4. The fourth-order valence-corrected chi connectivity index (χ4v) is 1.06. The minimum Gasteiger partial charge on any atom is -0.467 e. The molecule has 1 aromatic rings. The molecular weight excluding hydrogens is 238 g/mol. The van der Waals surface area contributed by atoms with Gasteiger partial charge in [-0.3, -0.25) is 10.2 Å². The Morgan fingerprint density at radius 1 is 1.39 bits per heavy atom. The molecule has 1 aromatic heterocycles.